The second-order valence-corrected chi connectivity index (χ2v) is 6.56. The highest BCUT2D eigenvalue weighted by Gasteiger charge is 2.14. The molecule has 0 aliphatic heterocycles. The van der Waals surface area contributed by atoms with Crippen molar-refractivity contribution < 1.29 is 13.6 Å². The fraction of sp³-hybridized carbons (Fsp3) is 0.667. The Balaban J connectivity index is 2.29. The molecule has 3 nitrogen and oxygen atoms in total. The van der Waals surface area contributed by atoms with Crippen LogP contribution in [-0.4, -0.2) is 13.2 Å². The van der Waals surface area contributed by atoms with Crippen molar-refractivity contribution in [3.8, 4) is 5.75 Å². The number of hydrogen-bond acceptors (Lipinski definition) is 3. The summed E-state index contributed by atoms with van der Waals surface area (Å²) in [6.45, 7) is 5.86. The van der Waals surface area contributed by atoms with Gasteiger partial charge in [0.2, 0.25) is 0 Å². The van der Waals surface area contributed by atoms with E-state index in [9.17, 15) is 0 Å². The number of unbranched alkanes of at least 4 members (excludes halogenated alkanes) is 6. The van der Waals surface area contributed by atoms with Crippen molar-refractivity contribution in [1.82, 2.24) is 0 Å². The first-order valence-corrected chi connectivity index (χ1v) is 9.75. The number of para-hydroxylation sites is 1. The van der Waals surface area contributed by atoms with Gasteiger partial charge in [0.15, 0.2) is 0 Å². The topological polar surface area (TPSA) is 27.7 Å². The van der Waals surface area contributed by atoms with Crippen LogP contribution in [0.3, 0.4) is 0 Å². The molecular weight excluding hydrogens is 295 g/mol. The van der Waals surface area contributed by atoms with Gasteiger partial charge in [-0.05, 0) is 25.0 Å². The van der Waals surface area contributed by atoms with Crippen LogP contribution in [0.5, 0.6) is 5.75 Å². The van der Waals surface area contributed by atoms with Gasteiger partial charge >= 0.3 is 8.60 Å². The normalized spacial score (nSPS) is 11.0. The van der Waals surface area contributed by atoms with E-state index in [2.05, 4.69) is 13.8 Å². The van der Waals surface area contributed by atoms with E-state index in [-0.39, 0.29) is 0 Å². The highest BCUT2D eigenvalue weighted by atomic mass is 31.2. The van der Waals surface area contributed by atoms with Crippen LogP contribution in [0.4, 0.5) is 0 Å². The van der Waals surface area contributed by atoms with E-state index in [1.54, 1.807) is 0 Å². The Morgan fingerprint density at radius 3 is 1.77 bits per heavy atom. The molecule has 0 aromatic heterocycles. The molecule has 0 saturated carbocycles. The molecule has 1 aromatic carbocycles. The van der Waals surface area contributed by atoms with Gasteiger partial charge in [-0.15, -0.1) is 0 Å². The molecule has 0 spiro atoms. The van der Waals surface area contributed by atoms with Crippen molar-refractivity contribution >= 4 is 8.60 Å². The zero-order valence-corrected chi connectivity index (χ0v) is 15.0. The molecular formula is C18H31O3P. The van der Waals surface area contributed by atoms with Crippen molar-refractivity contribution in [2.45, 2.75) is 65.2 Å². The van der Waals surface area contributed by atoms with E-state index in [4.69, 9.17) is 13.6 Å². The molecule has 126 valence electrons. The summed E-state index contributed by atoms with van der Waals surface area (Å²) in [5, 5.41) is 0. The first-order chi connectivity index (χ1) is 10.9. The third-order valence-electron chi connectivity index (χ3n) is 3.31. The number of benzene rings is 1. The van der Waals surface area contributed by atoms with Crippen molar-refractivity contribution in [3.05, 3.63) is 30.3 Å². The van der Waals surface area contributed by atoms with Gasteiger partial charge in [-0.25, -0.2) is 0 Å². The molecule has 0 aliphatic carbocycles. The minimum atomic E-state index is -1.28. The van der Waals surface area contributed by atoms with Gasteiger partial charge in [0.1, 0.15) is 5.75 Å². The average Bonchev–Trinajstić information content (AvgIpc) is 2.55. The average molecular weight is 326 g/mol. The van der Waals surface area contributed by atoms with Crippen LogP contribution in [0, 0.1) is 0 Å². The Labute approximate surface area is 137 Å². The van der Waals surface area contributed by atoms with Gasteiger partial charge in [-0.1, -0.05) is 70.6 Å². The molecule has 1 aromatic rings. The summed E-state index contributed by atoms with van der Waals surface area (Å²) in [7, 11) is -1.28. The van der Waals surface area contributed by atoms with Crippen LogP contribution in [0.15, 0.2) is 30.3 Å². The highest BCUT2D eigenvalue weighted by molar-refractivity contribution is 7.42. The van der Waals surface area contributed by atoms with E-state index in [0.29, 0.717) is 13.2 Å². The minimum Gasteiger partial charge on any atom is -0.427 e. The van der Waals surface area contributed by atoms with Crippen molar-refractivity contribution in [1.29, 1.82) is 0 Å². The summed E-state index contributed by atoms with van der Waals surface area (Å²) >= 11 is 0. The first-order valence-electron chi connectivity index (χ1n) is 8.65. The second-order valence-electron chi connectivity index (χ2n) is 5.42. The number of hydrogen-bond donors (Lipinski definition) is 0. The molecule has 0 amide bonds. The molecule has 22 heavy (non-hydrogen) atoms. The smallest absolute Gasteiger partial charge is 0.397 e. The van der Waals surface area contributed by atoms with Gasteiger partial charge in [0.25, 0.3) is 0 Å². The Hall–Kier alpha value is -0.630. The molecule has 0 fully saturated rings. The third kappa shape index (κ3) is 10.2. The quantitative estimate of drug-likeness (QED) is 0.289. The molecule has 4 heteroatoms. The summed E-state index contributed by atoms with van der Waals surface area (Å²) in [6, 6.07) is 9.79. The molecule has 1 rings (SSSR count). The molecule has 0 heterocycles. The molecule has 0 radical (unpaired) electrons. The molecule has 0 aliphatic rings. The Kier molecular flexibility index (Phi) is 12.4. The minimum absolute atomic E-state index is 0.716. The van der Waals surface area contributed by atoms with E-state index in [1.165, 1.54) is 38.5 Å². The lowest BCUT2D eigenvalue weighted by Crippen LogP contribution is -2.01. The molecule has 0 saturated heterocycles. The van der Waals surface area contributed by atoms with Crippen LogP contribution < -0.4 is 4.52 Å². The van der Waals surface area contributed by atoms with Crippen LogP contribution in [0.2, 0.25) is 0 Å². The summed E-state index contributed by atoms with van der Waals surface area (Å²) in [5.74, 6) is 0.815. The van der Waals surface area contributed by atoms with E-state index < -0.39 is 8.60 Å². The standard InChI is InChI=1S/C18H31O3P/c1-3-5-7-12-16-19-22(20-17-13-8-6-4-2)21-18-14-10-9-11-15-18/h9-11,14-15H,3-8,12-13,16-17H2,1-2H3. The predicted molar refractivity (Wildman–Crippen MR) is 94.2 cm³/mol. The second kappa shape index (κ2) is 14.0. The Morgan fingerprint density at radius 1 is 0.727 bits per heavy atom. The lowest BCUT2D eigenvalue weighted by atomic mass is 10.2. The maximum absolute atomic E-state index is 5.85. The summed E-state index contributed by atoms with van der Waals surface area (Å²) in [5.41, 5.74) is 0. The van der Waals surface area contributed by atoms with Gasteiger partial charge < -0.3 is 13.6 Å². The van der Waals surface area contributed by atoms with E-state index >= 15 is 0 Å². The maximum Gasteiger partial charge on any atom is 0.397 e. The zero-order valence-electron chi connectivity index (χ0n) is 14.1. The SMILES string of the molecule is CCCCCCOP(OCCCCCC)Oc1ccccc1. The molecule has 0 atom stereocenters. The van der Waals surface area contributed by atoms with Crippen molar-refractivity contribution in [3.63, 3.8) is 0 Å². The fourth-order valence-corrected chi connectivity index (χ4v) is 3.02. The van der Waals surface area contributed by atoms with Crippen LogP contribution in [0.1, 0.15) is 65.2 Å². The monoisotopic (exact) mass is 326 g/mol. The predicted octanol–water partition coefficient (Wildman–Crippen LogP) is 6.49. The van der Waals surface area contributed by atoms with E-state index in [0.717, 1.165) is 18.6 Å². The van der Waals surface area contributed by atoms with Gasteiger partial charge in [0, 0.05) is 0 Å². The van der Waals surface area contributed by atoms with Gasteiger partial charge in [0.05, 0.1) is 13.2 Å². The molecule has 0 N–H and O–H groups in total. The third-order valence-corrected chi connectivity index (χ3v) is 4.46. The van der Waals surface area contributed by atoms with Crippen molar-refractivity contribution in [2.75, 3.05) is 13.2 Å². The fourth-order valence-electron chi connectivity index (χ4n) is 1.99. The van der Waals surface area contributed by atoms with Crippen LogP contribution >= 0.6 is 8.60 Å². The lowest BCUT2D eigenvalue weighted by Gasteiger charge is -2.17. The lowest BCUT2D eigenvalue weighted by molar-refractivity contribution is 0.199. The Morgan fingerprint density at radius 2 is 1.27 bits per heavy atom. The van der Waals surface area contributed by atoms with Crippen molar-refractivity contribution in [2.24, 2.45) is 0 Å². The molecule has 0 unspecified atom stereocenters. The molecule has 0 bridgehead atoms. The highest BCUT2D eigenvalue weighted by Crippen LogP contribution is 2.40. The number of rotatable bonds is 14. The van der Waals surface area contributed by atoms with Gasteiger partial charge in [-0.3, -0.25) is 0 Å². The maximum atomic E-state index is 5.85. The largest absolute Gasteiger partial charge is 0.427 e. The zero-order chi connectivity index (χ0) is 15.9. The first kappa shape index (κ1) is 19.4. The Bertz CT molecular complexity index is 331. The summed E-state index contributed by atoms with van der Waals surface area (Å²) in [6.07, 6.45) is 9.57. The van der Waals surface area contributed by atoms with E-state index in [1.807, 2.05) is 30.3 Å². The van der Waals surface area contributed by atoms with Crippen LogP contribution in [0.25, 0.3) is 0 Å². The van der Waals surface area contributed by atoms with Crippen LogP contribution in [-0.2, 0) is 9.05 Å². The summed E-state index contributed by atoms with van der Waals surface area (Å²) < 4.78 is 17.5. The van der Waals surface area contributed by atoms with Gasteiger partial charge in [-0.2, -0.15) is 0 Å². The summed E-state index contributed by atoms with van der Waals surface area (Å²) in [4.78, 5) is 0.